The van der Waals surface area contributed by atoms with E-state index in [4.69, 9.17) is 0 Å². The fraction of sp³-hybridized carbons (Fsp3) is 1.00. The molecule has 6 rings (SSSR count). The summed E-state index contributed by atoms with van der Waals surface area (Å²) in [6.45, 7) is 1.23. The predicted octanol–water partition coefficient (Wildman–Crippen LogP) is 3.10. The van der Waals surface area contributed by atoms with E-state index >= 15 is 0 Å². The lowest BCUT2D eigenvalue weighted by Crippen LogP contribution is -2.62. The van der Waals surface area contributed by atoms with E-state index in [1.807, 2.05) is 0 Å². The first kappa shape index (κ1) is 12.5. The van der Waals surface area contributed by atoms with E-state index in [0.29, 0.717) is 5.41 Å². The van der Waals surface area contributed by atoms with Gasteiger partial charge in [-0.2, -0.15) is 0 Å². The summed E-state index contributed by atoms with van der Waals surface area (Å²) in [6.07, 6.45) is 13.5. The summed E-state index contributed by atoms with van der Waals surface area (Å²) in [5.41, 5.74) is 0.284. The highest BCUT2D eigenvalue weighted by Crippen LogP contribution is 2.67. The molecule has 0 aromatic rings. The normalized spacial score (nSPS) is 57.5. The number of rotatable bonds is 3. The van der Waals surface area contributed by atoms with Crippen molar-refractivity contribution in [1.29, 1.82) is 0 Å². The van der Waals surface area contributed by atoms with Gasteiger partial charge < -0.3 is 10.4 Å². The molecular formula is C18H29NO. The Morgan fingerprint density at radius 1 is 1.00 bits per heavy atom. The van der Waals surface area contributed by atoms with Crippen LogP contribution >= 0.6 is 0 Å². The second-order valence-corrected chi connectivity index (χ2v) is 9.17. The van der Waals surface area contributed by atoms with Crippen LogP contribution in [0.5, 0.6) is 0 Å². The van der Waals surface area contributed by atoms with Gasteiger partial charge in [0.1, 0.15) is 0 Å². The largest absolute Gasteiger partial charge is 0.390 e. The van der Waals surface area contributed by atoms with E-state index in [-0.39, 0.29) is 5.60 Å². The van der Waals surface area contributed by atoms with Crippen LogP contribution in [-0.4, -0.2) is 23.3 Å². The molecule has 2 N–H and O–H groups in total. The van der Waals surface area contributed by atoms with Crippen LogP contribution in [0, 0.1) is 29.1 Å². The molecule has 1 saturated heterocycles. The van der Waals surface area contributed by atoms with Gasteiger partial charge in [0.05, 0.1) is 5.60 Å². The quantitative estimate of drug-likeness (QED) is 0.829. The Morgan fingerprint density at radius 3 is 2.35 bits per heavy atom. The second-order valence-electron chi connectivity index (χ2n) is 9.17. The van der Waals surface area contributed by atoms with E-state index in [0.717, 1.165) is 49.0 Å². The van der Waals surface area contributed by atoms with Crippen LogP contribution in [0.1, 0.15) is 64.2 Å². The van der Waals surface area contributed by atoms with Crippen molar-refractivity contribution in [2.45, 2.75) is 75.9 Å². The molecule has 5 aliphatic carbocycles. The van der Waals surface area contributed by atoms with E-state index in [1.54, 1.807) is 0 Å². The smallest absolute Gasteiger partial charge is 0.0658 e. The summed E-state index contributed by atoms with van der Waals surface area (Å²) in [4.78, 5) is 0. The molecular weight excluding hydrogens is 246 g/mol. The maximum absolute atomic E-state index is 11.0. The minimum absolute atomic E-state index is 0.268. The van der Waals surface area contributed by atoms with Crippen molar-refractivity contribution in [3.63, 3.8) is 0 Å². The van der Waals surface area contributed by atoms with Gasteiger partial charge in [-0.3, -0.25) is 0 Å². The highest BCUT2D eigenvalue weighted by Gasteiger charge is 2.62. The van der Waals surface area contributed by atoms with Gasteiger partial charge in [-0.05, 0) is 87.0 Å². The highest BCUT2D eigenvalue weighted by atomic mass is 16.3. The van der Waals surface area contributed by atoms with Crippen molar-refractivity contribution in [3.8, 4) is 0 Å². The number of nitrogens with one attached hydrogen (secondary N) is 1. The van der Waals surface area contributed by atoms with Gasteiger partial charge in [0.15, 0.2) is 0 Å². The zero-order valence-electron chi connectivity index (χ0n) is 12.6. The molecule has 20 heavy (non-hydrogen) atoms. The maximum atomic E-state index is 11.0. The molecule has 5 saturated carbocycles. The summed E-state index contributed by atoms with van der Waals surface area (Å²) < 4.78 is 0. The average Bonchev–Trinajstić information content (AvgIpc) is 2.99. The molecule has 2 heteroatoms. The summed E-state index contributed by atoms with van der Waals surface area (Å²) in [6, 6.07) is 0.784. The standard InChI is InChI=1S/C18H29NO/c20-18-9-13-7-17(11-18,6-12-3-4-12)8-14(10-18)16(13)15-2-1-5-19-15/h12-16,19-20H,1-11H2. The third-order valence-corrected chi connectivity index (χ3v) is 7.45. The first-order valence-electron chi connectivity index (χ1n) is 9.11. The van der Waals surface area contributed by atoms with E-state index in [2.05, 4.69) is 5.32 Å². The molecule has 6 fully saturated rings. The minimum Gasteiger partial charge on any atom is -0.390 e. The van der Waals surface area contributed by atoms with Crippen molar-refractivity contribution in [2.24, 2.45) is 29.1 Å². The average molecular weight is 275 g/mol. The number of aliphatic hydroxyl groups is 1. The first-order chi connectivity index (χ1) is 9.65. The minimum atomic E-state index is -0.268. The van der Waals surface area contributed by atoms with Gasteiger partial charge in [-0.15, -0.1) is 0 Å². The van der Waals surface area contributed by atoms with E-state index in [1.165, 1.54) is 51.5 Å². The molecule has 0 radical (unpaired) electrons. The zero-order valence-corrected chi connectivity index (χ0v) is 12.6. The molecule has 3 atom stereocenters. The Labute approximate surface area is 122 Å². The highest BCUT2D eigenvalue weighted by molar-refractivity contribution is 5.13. The van der Waals surface area contributed by atoms with Gasteiger partial charge in [-0.1, -0.05) is 12.8 Å². The molecule has 0 amide bonds. The molecule has 1 heterocycles. The lowest BCUT2D eigenvalue weighted by atomic mass is 9.43. The lowest BCUT2D eigenvalue weighted by molar-refractivity contribution is -0.196. The lowest BCUT2D eigenvalue weighted by Gasteiger charge is -2.64. The third-order valence-electron chi connectivity index (χ3n) is 7.45. The van der Waals surface area contributed by atoms with Gasteiger partial charge in [0.25, 0.3) is 0 Å². The van der Waals surface area contributed by atoms with E-state index < -0.39 is 0 Å². The topological polar surface area (TPSA) is 32.3 Å². The Morgan fingerprint density at radius 2 is 1.75 bits per heavy atom. The molecule has 3 unspecified atom stereocenters. The molecule has 6 aliphatic rings. The first-order valence-corrected chi connectivity index (χ1v) is 9.11. The van der Waals surface area contributed by atoms with Crippen LogP contribution in [0.3, 0.4) is 0 Å². The summed E-state index contributed by atoms with van der Waals surface area (Å²) in [5, 5.41) is 14.8. The van der Waals surface area contributed by atoms with E-state index in [9.17, 15) is 5.11 Å². The van der Waals surface area contributed by atoms with Crippen LogP contribution in [0.15, 0.2) is 0 Å². The number of hydrogen-bond donors (Lipinski definition) is 2. The van der Waals surface area contributed by atoms with Crippen LogP contribution in [-0.2, 0) is 0 Å². The van der Waals surface area contributed by atoms with Crippen molar-refractivity contribution < 1.29 is 5.11 Å². The Balaban J connectivity index is 1.43. The monoisotopic (exact) mass is 275 g/mol. The third kappa shape index (κ3) is 1.83. The van der Waals surface area contributed by atoms with Crippen molar-refractivity contribution in [1.82, 2.24) is 5.32 Å². The Bertz CT molecular complexity index is 394. The molecule has 1 aliphatic heterocycles. The van der Waals surface area contributed by atoms with Gasteiger partial charge in [0, 0.05) is 6.04 Å². The summed E-state index contributed by atoms with van der Waals surface area (Å²) >= 11 is 0. The van der Waals surface area contributed by atoms with Crippen LogP contribution < -0.4 is 5.32 Å². The fourth-order valence-corrected chi connectivity index (χ4v) is 7.19. The molecule has 0 aromatic heterocycles. The van der Waals surface area contributed by atoms with Crippen molar-refractivity contribution >= 4 is 0 Å². The van der Waals surface area contributed by atoms with Crippen LogP contribution in [0.25, 0.3) is 0 Å². The second kappa shape index (κ2) is 4.01. The predicted molar refractivity (Wildman–Crippen MR) is 79.3 cm³/mol. The van der Waals surface area contributed by atoms with Gasteiger partial charge in [-0.25, -0.2) is 0 Å². The number of hydrogen-bond acceptors (Lipinski definition) is 2. The molecule has 4 bridgehead atoms. The zero-order chi connectivity index (χ0) is 13.4. The molecule has 0 spiro atoms. The molecule has 0 aromatic carbocycles. The Kier molecular flexibility index (Phi) is 2.50. The maximum Gasteiger partial charge on any atom is 0.0658 e. The Hall–Kier alpha value is -0.0800. The van der Waals surface area contributed by atoms with Crippen LogP contribution in [0.4, 0.5) is 0 Å². The van der Waals surface area contributed by atoms with Gasteiger partial charge >= 0.3 is 0 Å². The van der Waals surface area contributed by atoms with Gasteiger partial charge in [0.2, 0.25) is 0 Å². The van der Waals surface area contributed by atoms with Crippen molar-refractivity contribution in [2.75, 3.05) is 6.54 Å². The fourth-order valence-electron chi connectivity index (χ4n) is 7.19. The molecule has 112 valence electrons. The summed E-state index contributed by atoms with van der Waals surface area (Å²) in [5.74, 6) is 3.58. The SMILES string of the molecule is OC12CC3CC(CC4CC4)(CC(C1)C3C1CCCN1)C2. The van der Waals surface area contributed by atoms with Crippen LogP contribution in [0.2, 0.25) is 0 Å². The summed E-state index contributed by atoms with van der Waals surface area (Å²) in [7, 11) is 0. The molecule has 2 nitrogen and oxygen atoms in total. The van der Waals surface area contributed by atoms with Crippen molar-refractivity contribution in [3.05, 3.63) is 0 Å².